The van der Waals surface area contributed by atoms with Gasteiger partial charge in [-0.1, -0.05) is 6.08 Å². The van der Waals surface area contributed by atoms with E-state index in [0.29, 0.717) is 0 Å². The zero-order valence-corrected chi connectivity index (χ0v) is 9.19. The number of nitrogens with one attached hydrogen (secondary N) is 1. The molecule has 0 amide bonds. The first-order valence-corrected chi connectivity index (χ1v) is 5.19. The van der Waals surface area contributed by atoms with Crippen LogP contribution in [0.5, 0.6) is 0 Å². The number of ketones is 2. The van der Waals surface area contributed by atoms with Gasteiger partial charge in [0.15, 0.2) is 0 Å². The lowest BCUT2D eigenvalue weighted by Crippen LogP contribution is -2.48. The van der Waals surface area contributed by atoms with Crippen LogP contribution in [0.25, 0.3) is 0 Å². The lowest BCUT2D eigenvalue weighted by atomic mass is 9.90. The molecule has 1 saturated heterocycles. The average molecular weight is 225 g/mol. The van der Waals surface area contributed by atoms with Gasteiger partial charge in [0.1, 0.15) is 11.7 Å². The maximum Gasteiger partial charge on any atom is 0.375 e. The third-order valence-electron chi connectivity index (χ3n) is 2.47. The van der Waals surface area contributed by atoms with Crippen molar-refractivity contribution in [1.29, 1.82) is 0 Å². The van der Waals surface area contributed by atoms with Gasteiger partial charge < -0.3 is 10.1 Å². The van der Waals surface area contributed by atoms with Crippen molar-refractivity contribution in [2.45, 2.75) is 19.4 Å². The fraction of sp³-hybridized carbons (Fsp3) is 0.545. The number of Topliss-reactive ketones (excluding diaryl/α,β-unsaturated/α-hetero) is 2. The summed E-state index contributed by atoms with van der Waals surface area (Å²) in [5, 5.41) is 2.96. The Balaban J connectivity index is 2.61. The molecular weight excluding hydrogens is 210 g/mol. The Hall–Kier alpha value is -1.49. The molecule has 1 aliphatic rings. The Morgan fingerprint density at radius 3 is 2.81 bits per heavy atom. The normalized spacial score (nSPS) is 24.9. The summed E-state index contributed by atoms with van der Waals surface area (Å²) in [6.45, 7) is 5.48. The van der Waals surface area contributed by atoms with Crippen molar-refractivity contribution < 1.29 is 19.1 Å². The second-order valence-electron chi connectivity index (χ2n) is 3.56. The maximum absolute atomic E-state index is 11.6. The second kappa shape index (κ2) is 5.55. The highest BCUT2D eigenvalue weighted by Gasteiger charge is 2.36. The zero-order chi connectivity index (χ0) is 12.1. The molecule has 0 aromatic rings. The molecule has 5 nitrogen and oxygen atoms in total. The minimum absolute atomic E-state index is 0.112. The lowest BCUT2D eigenvalue weighted by molar-refractivity contribution is -0.157. The first-order chi connectivity index (χ1) is 7.60. The smallest absolute Gasteiger partial charge is 0.375 e. The van der Waals surface area contributed by atoms with Crippen LogP contribution in [0.2, 0.25) is 0 Å². The van der Waals surface area contributed by atoms with Crippen molar-refractivity contribution in [2.24, 2.45) is 5.92 Å². The molecule has 0 aromatic carbocycles. The Labute approximate surface area is 93.8 Å². The van der Waals surface area contributed by atoms with E-state index in [4.69, 9.17) is 0 Å². The predicted octanol–water partition coefficient (Wildman–Crippen LogP) is -0.148. The first-order valence-electron chi connectivity index (χ1n) is 5.19. The fourth-order valence-corrected chi connectivity index (χ4v) is 1.56. The average Bonchev–Trinajstić information content (AvgIpc) is 2.28. The van der Waals surface area contributed by atoms with Crippen molar-refractivity contribution in [3.8, 4) is 0 Å². The highest BCUT2D eigenvalue weighted by Crippen LogP contribution is 2.12. The van der Waals surface area contributed by atoms with Gasteiger partial charge in [0.2, 0.25) is 0 Å². The van der Waals surface area contributed by atoms with Gasteiger partial charge in [0, 0.05) is 19.0 Å². The van der Waals surface area contributed by atoms with Crippen LogP contribution in [-0.4, -0.2) is 36.7 Å². The molecule has 0 radical (unpaired) electrons. The first kappa shape index (κ1) is 12.6. The molecule has 5 heteroatoms. The second-order valence-corrected chi connectivity index (χ2v) is 3.56. The highest BCUT2D eigenvalue weighted by atomic mass is 16.5. The van der Waals surface area contributed by atoms with E-state index in [1.54, 1.807) is 13.0 Å². The molecule has 1 heterocycles. The molecule has 2 atom stereocenters. The molecule has 1 fully saturated rings. The minimum Gasteiger partial charge on any atom is -0.460 e. The Kier molecular flexibility index (Phi) is 4.37. The number of rotatable bonds is 4. The highest BCUT2D eigenvalue weighted by molar-refractivity contribution is 6.38. The van der Waals surface area contributed by atoms with Crippen molar-refractivity contribution in [3.05, 3.63) is 12.7 Å². The number of esters is 1. The summed E-state index contributed by atoms with van der Waals surface area (Å²) in [6, 6.07) is -0.112. The summed E-state index contributed by atoms with van der Waals surface area (Å²) in [5.74, 6) is -2.83. The van der Waals surface area contributed by atoms with Gasteiger partial charge in [0.25, 0.3) is 5.78 Å². The molecule has 0 bridgehead atoms. The Bertz CT molecular complexity index is 324. The van der Waals surface area contributed by atoms with Crippen LogP contribution in [-0.2, 0) is 19.1 Å². The summed E-state index contributed by atoms with van der Waals surface area (Å²) in [7, 11) is 0. The Morgan fingerprint density at radius 2 is 2.31 bits per heavy atom. The van der Waals surface area contributed by atoms with Gasteiger partial charge >= 0.3 is 5.97 Å². The van der Waals surface area contributed by atoms with Gasteiger partial charge in [-0.05, 0) is 6.92 Å². The lowest BCUT2D eigenvalue weighted by Gasteiger charge is -2.25. The molecule has 0 aliphatic carbocycles. The van der Waals surface area contributed by atoms with Crippen LogP contribution >= 0.6 is 0 Å². The van der Waals surface area contributed by atoms with Crippen LogP contribution in [0, 0.1) is 5.92 Å². The summed E-state index contributed by atoms with van der Waals surface area (Å²) >= 11 is 0. The standard InChI is InChI=1S/C11H15NO4/c1-3-7-5-9(13)8(6-12-7)10(14)11(15)16-4-2/h3,7-8,12H,1,4-6H2,2H3. The van der Waals surface area contributed by atoms with E-state index in [1.807, 2.05) is 0 Å². The van der Waals surface area contributed by atoms with Crippen LogP contribution in [0.3, 0.4) is 0 Å². The molecular formula is C11H15NO4. The summed E-state index contributed by atoms with van der Waals surface area (Å²) < 4.78 is 4.57. The zero-order valence-electron chi connectivity index (χ0n) is 9.19. The molecule has 1 aliphatic heterocycles. The van der Waals surface area contributed by atoms with Crippen LogP contribution in [0.4, 0.5) is 0 Å². The van der Waals surface area contributed by atoms with E-state index in [9.17, 15) is 14.4 Å². The Morgan fingerprint density at radius 1 is 1.62 bits per heavy atom. The minimum atomic E-state index is -0.931. The van der Waals surface area contributed by atoms with Gasteiger partial charge in [-0.2, -0.15) is 0 Å². The molecule has 88 valence electrons. The monoisotopic (exact) mass is 225 g/mol. The van der Waals surface area contributed by atoms with E-state index in [1.165, 1.54) is 0 Å². The van der Waals surface area contributed by atoms with E-state index in [2.05, 4.69) is 16.6 Å². The van der Waals surface area contributed by atoms with Gasteiger partial charge in [-0.3, -0.25) is 9.59 Å². The molecule has 1 N–H and O–H groups in total. The van der Waals surface area contributed by atoms with Gasteiger partial charge in [0.05, 0.1) is 6.61 Å². The molecule has 2 unspecified atom stereocenters. The molecule has 16 heavy (non-hydrogen) atoms. The number of ether oxygens (including phenoxy) is 1. The van der Waals surface area contributed by atoms with Gasteiger partial charge in [-0.25, -0.2) is 4.79 Å². The summed E-state index contributed by atoms with van der Waals surface area (Å²) in [6.07, 6.45) is 1.81. The number of hydrogen-bond acceptors (Lipinski definition) is 5. The van der Waals surface area contributed by atoms with E-state index in [0.717, 1.165) is 0 Å². The predicted molar refractivity (Wildman–Crippen MR) is 56.7 cm³/mol. The van der Waals surface area contributed by atoms with Crippen LogP contribution < -0.4 is 5.32 Å². The fourth-order valence-electron chi connectivity index (χ4n) is 1.56. The number of carbonyl (C=O) groups is 3. The molecule has 1 rings (SSSR count). The number of carbonyl (C=O) groups excluding carboxylic acids is 3. The van der Waals surface area contributed by atoms with E-state index < -0.39 is 17.7 Å². The number of piperidine rings is 1. The molecule has 0 spiro atoms. The van der Waals surface area contributed by atoms with Crippen LogP contribution in [0.1, 0.15) is 13.3 Å². The van der Waals surface area contributed by atoms with E-state index in [-0.39, 0.29) is 31.4 Å². The number of hydrogen-bond donors (Lipinski definition) is 1. The van der Waals surface area contributed by atoms with Crippen molar-refractivity contribution in [2.75, 3.05) is 13.2 Å². The molecule has 0 saturated carbocycles. The summed E-state index contributed by atoms with van der Waals surface area (Å²) in [4.78, 5) is 34.3. The van der Waals surface area contributed by atoms with Crippen molar-refractivity contribution >= 4 is 17.5 Å². The van der Waals surface area contributed by atoms with Gasteiger partial charge in [-0.15, -0.1) is 6.58 Å². The summed E-state index contributed by atoms with van der Waals surface area (Å²) in [5.41, 5.74) is 0. The third kappa shape index (κ3) is 2.76. The van der Waals surface area contributed by atoms with E-state index >= 15 is 0 Å². The van der Waals surface area contributed by atoms with Crippen LogP contribution in [0.15, 0.2) is 12.7 Å². The topological polar surface area (TPSA) is 72.5 Å². The quantitative estimate of drug-likeness (QED) is 0.312. The molecule has 0 aromatic heterocycles. The largest absolute Gasteiger partial charge is 0.460 e. The maximum atomic E-state index is 11.6. The third-order valence-corrected chi connectivity index (χ3v) is 2.47. The van der Waals surface area contributed by atoms with Crippen molar-refractivity contribution in [1.82, 2.24) is 5.32 Å². The van der Waals surface area contributed by atoms with Crippen molar-refractivity contribution in [3.63, 3.8) is 0 Å². The SMILES string of the molecule is C=CC1CC(=O)C(C(=O)C(=O)OCC)CN1.